The van der Waals surface area contributed by atoms with Crippen molar-refractivity contribution in [3.05, 3.63) is 40.9 Å². The van der Waals surface area contributed by atoms with E-state index in [4.69, 9.17) is 5.11 Å². The number of aromatic nitrogens is 1. The maximum absolute atomic E-state index is 12.0. The predicted molar refractivity (Wildman–Crippen MR) is 80.9 cm³/mol. The average molecular weight is 290 g/mol. The van der Waals surface area contributed by atoms with Gasteiger partial charge in [-0.15, -0.1) is 11.3 Å². The molecule has 0 bridgehead atoms. The van der Waals surface area contributed by atoms with E-state index in [9.17, 15) is 4.79 Å². The van der Waals surface area contributed by atoms with E-state index < -0.39 is 6.10 Å². The Morgan fingerprint density at radius 3 is 2.85 bits per heavy atom. The zero-order chi connectivity index (χ0) is 14.5. The second-order valence-electron chi connectivity index (χ2n) is 4.70. The Balaban J connectivity index is 2.08. The lowest BCUT2D eigenvalue weighted by molar-refractivity contribution is 0.0944. The molecule has 2 aromatic heterocycles. The van der Waals surface area contributed by atoms with Gasteiger partial charge in [-0.1, -0.05) is 6.07 Å². The Labute approximate surface area is 122 Å². The first-order chi connectivity index (χ1) is 9.58. The maximum atomic E-state index is 12.0. The SMILES string of the molecule is Cc1nc(-c2cccs2)ccc1C(=O)NCCC(C)O. The monoisotopic (exact) mass is 290 g/mol. The van der Waals surface area contributed by atoms with Gasteiger partial charge in [0.1, 0.15) is 0 Å². The Morgan fingerprint density at radius 2 is 2.25 bits per heavy atom. The third kappa shape index (κ3) is 3.65. The zero-order valence-electron chi connectivity index (χ0n) is 11.6. The molecule has 0 aliphatic carbocycles. The molecule has 1 unspecified atom stereocenters. The van der Waals surface area contributed by atoms with Crippen molar-refractivity contribution in [2.75, 3.05) is 6.54 Å². The summed E-state index contributed by atoms with van der Waals surface area (Å²) in [5.41, 5.74) is 2.18. The van der Waals surface area contributed by atoms with E-state index in [-0.39, 0.29) is 5.91 Å². The highest BCUT2D eigenvalue weighted by molar-refractivity contribution is 7.13. The number of thiophene rings is 1. The molecule has 2 rings (SSSR count). The molecule has 2 aromatic rings. The highest BCUT2D eigenvalue weighted by Gasteiger charge is 2.11. The van der Waals surface area contributed by atoms with Crippen LogP contribution in [0.15, 0.2) is 29.6 Å². The number of pyridine rings is 1. The van der Waals surface area contributed by atoms with Crippen molar-refractivity contribution >= 4 is 17.2 Å². The molecule has 1 amide bonds. The minimum absolute atomic E-state index is 0.145. The zero-order valence-corrected chi connectivity index (χ0v) is 12.4. The molecule has 4 nitrogen and oxygen atoms in total. The maximum Gasteiger partial charge on any atom is 0.253 e. The molecule has 2 heterocycles. The number of carbonyl (C=O) groups excluding carboxylic acids is 1. The van der Waals surface area contributed by atoms with Gasteiger partial charge >= 0.3 is 0 Å². The standard InChI is InChI=1S/C15H18N2O2S/c1-10(18)7-8-16-15(19)12-5-6-13(17-11(12)2)14-4-3-9-20-14/h3-6,9-10,18H,7-8H2,1-2H3,(H,16,19). The highest BCUT2D eigenvalue weighted by Crippen LogP contribution is 2.23. The number of rotatable bonds is 5. The summed E-state index contributed by atoms with van der Waals surface area (Å²) in [4.78, 5) is 17.6. The van der Waals surface area contributed by atoms with E-state index in [1.54, 1.807) is 24.3 Å². The normalized spacial score (nSPS) is 12.2. The van der Waals surface area contributed by atoms with Gasteiger partial charge in [-0.05, 0) is 43.8 Å². The van der Waals surface area contributed by atoms with Gasteiger partial charge in [0.2, 0.25) is 0 Å². The van der Waals surface area contributed by atoms with E-state index in [2.05, 4.69) is 10.3 Å². The molecule has 106 valence electrons. The van der Waals surface area contributed by atoms with Crippen LogP contribution in [0.2, 0.25) is 0 Å². The summed E-state index contributed by atoms with van der Waals surface area (Å²) in [6, 6.07) is 7.65. The van der Waals surface area contributed by atoms with Gasteiger partial charge in [0.05, 0.1) is 27.9 Å². The van der Waals surface area contributed by atoms with Crippen molar-refractivity contribution in [2.24, 2.45) is 0 Å². The van der Waals surface area contributed by atoms with Crippen molar-refractivity contribution in [3.8, 4) is 10.6 Å². The predicted octanol–water partition coefficient (Wildman–Crippen LogP) is 2.62. The van der Waals surface area contributed by atoms with Crippen LogP contribution in [0.25, 0.3) is 10.6 Å². The lowest BCUT2D eigenvalue weighted by Gasteiger charge is -2.09. The smallest absolute Gasteiger partial charge is 0.253 e. The van der Waals surface area contributed by atoms with E-state index in [0.29, 0.717) is 24.2 Å². The summed E-state index contributed by atoms with van der Waals surface area (Å²) in [7, 11) is 0. The number of hydrogen-bond acceptors (Lipinski definition) is 4. The number of nitrogens with zero attached hydrogens (tertiary/aromatic N) is 1. The summed E-state index contributed by atoms with van der Waals surface area (Å²) in [5.74, 6) is -0.145. The summed E-state index contributed by atoms with van der Waals surface area (Å²) in [5, 5.41) is 14.0. The van der Waals surface area contributed by atoms with Crippen molar-refractivity contribution in [3.63, 3.8) is 0 Å². The number of carbonyl (C=O) groups is 1. The molecular weight excluding hydrogens is 272 g/mol. The fourth-order valence-electron chi connectivity index (χ4n) is 1.85. The van der Waals surface area contributed by atoms with Crippen LogP contribution >= 0.6 is 11.3 Å². The van der Waals surface area contributed by atoms with Crippen molar-refractivity contribution in [2.45, 2.75) is 26.4 Å². The molecule has 0 saturated heterocycles. The fourth-order valence-corrected chi connectivity index (χ4v) is 2.55. The molecule has 0 aromatic carbocycles. The second kappa shape index (κ2) is 6.63. The summed E-state index contributed by atoms with van der Waals surface area (Å²) in [6.07, 6.45) is 0.140. The van der Waals surface area contributed by atoms with Gasteiger partial charge in [-0.25, -0.2) is 0 Å². The molecule has 0 aliphatic rings. The van der Waals surface area contributed by atoms with E-state index in [0.717, 1.165) is 10.6 Å². The molecule has 20 heavy (non-hydrogen) atoms. The number of nitrogens with one attached hydrogen (secondary N) is 1. The molecule has 2 N–H and O–H groups in total. The van der Waals surface area contributed by atoms with Crippen molar-refractivity contribution in [1.29, 1.82) is 0 Å². The van der Waals surface area contributed by atoms with Crippen LogP contribution in [0.1, 0.15) is 29.4 Å². The summed E-state index contributed by atoms with van der Waals surface area (Å²) < 4.78 is 0. The quantitative estimate of drug-likeness (QED) is 0.890. The van der Waals surface area contributed by atoms with E-state index >= 15 is 0 Å². The lowest BCUT2D eigenvalue weighted by Crippen LogP contribution is -2.27. The molecule has 5 heteroatoms. The van der Waals surface area contributed by atoms with Crippen LogP contribution in [-0.4, -0.2) is 28.6 Å². The highest BCUT2D eigenvalue weighted by atomic mass is 32.1. The Morgan fingerprint density at radius 1 is 1.45 bits per heavy atom. The van der Waals surface area contributed by atoms with Crippen LogP contribution in [0.3, 0.4) is 0 Å². The number of amides is 1. The molecule has 0 spiro atoms. The molecule has 1 atom stereocenters. The van der Waals surface area contributed by atoms with Gasteiger partial charge in [0.15, 0.2) is 0 Å². The third-order valence-electron chi connectivity index (χ3n) is 2.95. The van der Waals surface area contributed by atoms with Crippen LogP contribution in [-0.2, 0) is 0 Å². The number of aliphatic hydroxyl groups excluding tert-OH is 1. The Bertz CT molecular complexity index is 580. The van der Waals surface area contributed by atoms with E-state index in [1.807, 2.05) is 30.5 Å². The van der Waals surface area contributed by atoms with Crippen molar-refractivity contribution < 1.29 is 9.90 Å². The first-order valence-electron chi connectivity index (χ1n) is 6.55. The second-order valence-corrected chi connectivity index (χ2v) is 5.65. The van der Waals surface area contributed by atoms with Gasteiger partial charge < -0.3 is 10.4 Å². The topological polar surface area (TPSA) is 62.2 Å². The Hall–Kier alpha value is -1.72. The third-order valence-corrected chi connectivity index (χ3v) is 3.84. The first kappa shape index (κ1) is 14.7. The van der Waals surface area contributed by atoms with Crippen LogP contribution < -0.4 is 5.32 Å². The van der Waals surface area contributed by atoms with E-state index in [1.165, 1.54) is 0 Å². The molecular formula is C15H18N2O2S. The first-order valence-corrected chi connectivity index (χ1v) is 7.43. The van der Waals surface area contributed by atoms with Crippen molar-refractivity contribution in [1.82, 2.24) is 10.3 Å². The summed E-state index contributed by atoms with van der Waals surface area (Å²) in [6.45, 7) is 4.00. The van der Waals surface area contributed by atoms with Crippen LogP contribution in [0.5, 0.6) is 0 Å². The lowest BCUT2D eigenvalue weighted by atomic mass is 10.1. The van der Waals surface area contributed by atoms with Crippen LogP contribution in [0, 0.1) is 6.92 Å². The minimum Gasteiger partial charge on any atom is -0.393 e. The van der Waals surface area contributed by atoms with Gasteiger partial charge in [0, 0.05) is 6.54 Å². The van der Waals surface area contributed by atoms with Gasteiger partial charge in [0.25, 0.3) is 5.91 Å². The molecule has 0 fully saturated rings. The number of aryl methyl sites for hydroxylation is 1. The molecule has 0 saturated carbocycles. The molecule has 0 aliphatic heterocycles. The van der Waals surface area contributed by atoms with Gasteiger partial charge in [-0.3, -0.25) is 9.78 Å². The fraction of sp³-hybridized carbons (Fsp3) is 0.333. The van der Waals surface area contributed by atoms with Gasteiger partial charge in [-0.2, -0.15) is 0 Å². The Kier molecular flexibility index (Phi) is 4.87. The largest absolute Gasteiger partial charge is 0.393 e. The number of hydrogen-bond donors (Lipinski definition) is 2. The minimum atomic E-state index is -0.407. The number of aliphatic hydroxyl groups is 1. The average Bonchev–Trinajstić information content (AvgIpc) is 2.91. The summed E-state index contributed by atoms with van der Waals surface area (Å²) >= 11 is 1.63. The van der Waals surface area contributed by atoms with Crippen LogP contribution in [0.4, 0.5) is 0 Å². The molecule has 0 radical (unpaired) electrons.